The van der Waals surface area contributed by atoms with E-state index in [9.17, 15) is 14.0 Å². The molecule has 2 fully saturated rings. The Morgan fingerprint density at radius 2 is 1.57 bits per heavy atom. The monoisotopic (exact) mass is 693 g/mol. The first-order chi connectivity index (χ1) is 24.8. The van der Waals surface area contributed by atoms with E-state index in [0.717, 1.165) is 54.9 Å². The summed E-state index contributed by atoms with van der Waals surface area (Å²) in [7, 11) is 0. The minimum Gasteiger partial charge on any atom is -0.489 e. The second-order valence-corrected chi connectivity index (χ2v) is 14.7. The molecule has 1 aliphatic heterocycles. The second kappa shape index (κ2) is 17.6. The average Bonchev–Trinajstić information content (AvgIpc) is 3.67. The van der Waals surface area contributed by atoms with Crippen LogP contribution in [0, 0.1) is 23.1 Å². The fraction of sp³-hybridized carbons (Fsp3) is 0.476. The van der Waals surface area contributed by atoms with Crippen LogP contribution < -0.4 is 10.1 Å². The highest BCUT2D eigenvalue weighted by Crippen LogP contribution is 2.47. The molecule has 1 aromatic heterocycles. The highest BCUT2D eigenvalue weighted by atomic mass is 19.1. The van der Waals surface area contributed by atoms with Crippen molar-refractivity contribution in [2.75, 3.05) is 13.1 Å². The van der Waals surface area contributed by atoms with Crippen LogP contribution in [0.25, 0.3) is 0 Å². The number of ether oxygens (including phenoxy) is 1. The summed E-state index contributed by atoms with van der Waals surface area (Å²) in [4.78, 5) is 33.0. The molecule has 9 heteroatoms. The maximum Gasteiger partial charge on any atom is 0.226 e. The number of hydrogen-bond donors (Lipinski definition) is 1. The summed E-state index contributed by atoms with van der Waals surface area (Å²) in [6.07, 6.45) is 14.1. The van der Waals surface area contributed by atoms with Crippen LogP contribution in [0.1, 0.15) is 81.4 Å². The number of hydrogen-bond acceptors (Lipinski definition) is 5. The van der Waals surface area contributed by atoms with Crippen LogP contribution in [0.5, 0.6) is 5.75 Å². The number of likely N-dealkylation sites (tertiary alicyclic amines) is 1. The smallest absolute Gasteiger partial charge is 0.226 e. The summed E-state index contributed by atoms with van der Waals surface area (Å²) >= 11 is 0. The fourth-order valence-electron chi connectivity index (χ4n) is 8.36. The van der Waals surface area contributed by atoms with E-state index in [1.807, 2.05) is 65.6 Å². The molecule has 270 valence electrons. The van der Waals surface area contributed by atoms with Gasteiger partial charge in [0.1, 0.15) is 30.8 Å². The van der Waals surface area contributed by atoms with E-state index in [1.54, 1.807) is 25.4 Å². The number of nitrogens with one attached hydrogen (secondary N) is 1. The number of carbonyl (C=O) groups excluding carboxylic acids is 2. The van der Waals surface area contributed by atoms with Gasteiger partial charge >= 0.3 is 0 Å². The first kappa shape index (κ1) is 36.3. The topological polar surface area (TPSA) is 89.4 Å². The Hall–Kier alpha value is -4.53. The molecule has 1 N–H and O–H groups in total. The maximum absolute atomic E-state index is 14.4. The van der Waals surface area contributed by atoms with Crippen molar-refractivity contribution in [2.24, 2.45) is 17.3 Å². The van der Waals surface area contributed by atoms with Gasteiger partial charge in [0.05, 0.1) is 0 Å². The molecule has 1 saturated heterocycles. The Bertz CT molecular complexity index is 1650. The van der Waals surface area contributed by atoms with E-state index >= 15 is 0 Å². The van der Waals surface area contributed by atoms with Crippen LogP contribution in [-0.4, -0.2) is 50.6 Å². The number of piperidine rings is 1. The largest absolute Gasteiger partial charge is 0.489 e. The molecule has 0 bridgehead atoms. The molecule has 4 aromatic rings. The standard InChI is InChI=1S/C42H52FN5O3/c1-32(49)46-39(27-34-14-20-40(21-15-34)51-28-35-8-4-2-5-9-35)19-16-36(26-33-12-17-38(43)18-13-33)41(50)47-24-22-42(23-25-47,29-48-31-44-30-45-48)37-10-6-3-7-11-37/h2,4-5,8-9,12-15,17-18,20-21,30-31,36-37,39H,3,6-7,10-11,16,19,22-29H2,1H3,(H,46,49)/t36-,39?/m1/s1. The number of carbonyl (C=O) groups is 2. The van der Waals surface area contributed by atoms with Crippen molar-refractivity contribution in [3.63, 3.8) is 0 Å². The van der Waals surface area contributed by atoms with Gasteiger partial charge in [-0.05, 0) is 104 Å². The van der Waals surface area contributed by atoms with Crippen molar-refractivity contribution in [3.8, 4) is 5.75 Å². The van der Waals surface area contributed by atoms with Crippen molar-refractivity contribution in [1.82, 2.24) is 25.0 Å². The van der Waals surface area contributed by atoms with Gasteiger partial charge in [0, 0.05) is 38.5 Å². The lowest BCUT2D eigenvalue weighted by atomic mass is 9.63. The molecule has 1 aliphatic carbocycles. The Labute approximate surface area is 301 Å². The van der Waals surface area contributed by atoms with Crippen LogP contribution in [-0.2, 0) is 35.6 Å². The van der Waals surface area contributed by atoms with Crippen LogP contribution in [0.4, 0.5) is 4.39 Å². The number of amides is 2. The number of rotatable bonds is 15. The van der Waals surface area contributed by atoms with E-state index in [2.05, 4.69) is 20.3 Å². The lowest BCUT2D eigenvalue weighted by Gasteiger charge is -2.48. The van der Waals surface area contributed by atoms with Crippen LogP contribution in [0.2, 0.25) is 0 Å². The first-order valence-corrected chi connectivity index (χ1v) is 18.7. The third kappa shape index (κ3) is 10.3. The Morgan fingerprint density at radius 1 is 0.882 bits per heavy atom. The molecule has 2 atom stereocenters. The maximum atomic E-state index is 14.4. The molecule has 6 rings (SSSR count). The van der Waals surface area contributed by atoms with Gasteiger partial charge in [0.2, 0.25) is 11.8 Å². The van der Waals surface area contributed by atoms with Gasteiger partial charge in [-0.25, -0.2) is 9.37 Å². The van der Waals surface area contributed by atoms with Crippen LogP contribution in [0.3, 0.4) is 0 Å². The van der Waals surface area contributed by atoms with Gasteiger partial charge in [-0.3, -0.25) is 14.3 Å². The Morgan fingerprint density at radius 3 is 2.24 bits per heavy atom. The van der Waals surface area contributed by atoms with Crippen LogP contribution >= 0.6 is 0 Å². The van der Waals surface area contributed by atoms with Crippen molar-refractivity contribution in [1.29, 1.82) is 0 Å². The number of aromatic nitrogens is 3. The number of nitrogens with zero attached hydrogens (tertiary/aromatic N) is 4. The lowest BCUT2D eigenvalue weighted by molar-refractivity contribution is -0.139. The van der Waals surface area contributed by atoms with Crippen molar-refractivity contribution < 1.29 is 18.7 Å². The van der Waals surface area contributed by atoms with Crippen molar-refractivity contribution in [2.45, 2.75) is 96.7 Å². The zero-order valence-corrected chi connectivity index (χ0v) is 29.9. The van der Waals surface area contributed by atoms with E-state index in [1.165, 1.54) is 44.2 Å². The summed E-state index contributed by atoms with van der Waals surface area (Å²) in [6.45, 7) is 4.33. The molecular weight excluding hydrogens is 641 g/mol. The van der Waals surface area contributed by atoms with Gasteiger partial charge in [-0.15, -0.1) is 0 Å². The molecule has 1 unspecified atom stereocenters. The molecule has 3 aromatic carbocycles. The predicted octanol–water partition coefficient (Wildman–Crippen LogP) is 7.57. The SMILES string of the molecule is CC(=O)NC(CC[C@H](Cc1ccc(F)cc1)C(=O)N1CCC(Cn2cncn2)(C2CCCCC2)CC1)Cc1ccc(OCc2ccccc2)cc1. The summed E-state index contributed by atoms with van der Waals surface area (Å²) in [5.41, 5.74) is 3.24. The van der Waals surface area contributed by atoms with E-state index in [0.29, 0.717) is 38.2 Å². The van der Waals surface area contributed by atoms with Crippen molar-refractivity contribution >= 4 is 11.8 Å². The average molecular weight is 694 g/mol. The zero-order valence-electron chi connectivity index (χ0n) is 29.9. The molecule has 8 nitrogen and oxygen atoms in total. The third-order valence-corrected chi connectivity index (χ3v) is 11.2. The summed E-state index contributed by atoms with van der Waals surface area (Å²) in [5, 5.41) is 7.61. The van der Waals surface area contributed by atoms with Gasteiger partial charge in [0.25, 0.3) is 0 Å². The fourth-order valence-corrected chi connectivity index (χ4v) is 8.36. The minimum absolute atomic E-state index is 0.0910. The van der Waals surface area contributed by atoms with E-state index in [-0.39, 0.29) is 35.0 Å². The van der Waals surface area contributed by atoms with Crippen LogP contribution in [0.15, 0.2) is 91.5 Å². The Kier molecular flexibility index (Phi) is 12.5. The lowest BCUT2D eigenvalue weighted by Crippen LogP contribution is -2.50. The van der Waals surface area contributed by atoms with E-state index < -0.39 is 0 Å². The molecule has 51 heavy (non-hydrogen) atoms. The molecule has 2 heterocycles. The molecule has 2 aliphatic rings. The second-order valence-electron chi connectivity index (χ2n) is 14.7. The van der Waals surface area contributed by atoms with Crippen molar-refractivity contribution in [3.05, 3.63) is 114 Å². The summed E-state index contributed by atoms with van der Waals surface area (Å²) in [6, 6.07) is 24.5. The van der Waals surface area contributed by atoms with Gasteiger partial charge in [-0.1, -0.05) is 73.9 Å². The molecule has 2 amide bonds. The van der Waals surface area contributed by atoms with E-state index in [4.69, 9.17) is 4.74 Å². The Balaban J connectivity index is 1.12. The number of halogens is 1. The molecular formula is C42H52FN5O3. The summed E-state index contributed by atoms with van der Waals surface area (Å²) < 4.78 is 21.8. The third-order valence-electron chi connectivity index (χ3n) is 11.2. The summed E-state index contributed by atoms with van der Waals surface area (Å²) in [5.74, 6) is 0.916. The van der Waals surface area contributed by atoms with Gasteiger partial charge in [0.15, 0.2) is 0 Å². The quantitative estimate of drug-likeness (QED) is 0.139. The molecule has 1 saturated carbocycles. The highest BCUT2D eigenvalue weighted by molar-refractivity contribution is 5.79. The molecule has 0 spiro atoms. The zero-order chi connectivity index (χ0) is 35.5. The first-order valence-electron chi connectivity index (χ1n) is 18.7. The highest BCUT2D eigenvalue weighted by Gasteiger charge is 2.43. The molecule has 0 radical (unpaired) electrons. The predicted molar refractivity (Wildman–Crippen MR) is 196 cm³/mol. The number of benzene rings is 3. The minimum atomic E-state index is -0.286. The van der Waals surface area contributed by atoms with Gasteiger partial charge < -0.3 is 15.0 Å². The van der Waals surface area contributed by atoms with Gasteiger partial charge in [-0.2, -0.15) is 5.10 Å². The normalized spacial score (nSPS) is 17.4.